The van der Waals surface area contributed by atoms with Crippen LogP contribution in [0.1, 0.15) is 23.2 Å². The molecule has 2 aromatic carbocycles. The Labute approximate surface area is 155 Å². The molecule has 0 radical (unpaired) electrons. The van der Waals surface area contributed by atoms with Crippen molar-refractivity contribution in [1.82, 2.24) is 0 Å². The number of carboxylic acids is 1. The minimum Gasteiger partial charge on any atom is -0.545 e. The van der Waals surface area contributed by atoms with Crippen LogP contribution in [0.3, 0.4) is 0 Å². The van der Waals surface area contributed by atoms with Crippen LogP contribution < -0.4 is 14.7 Å². The molecule has 9 nitrogen and oxygen atoms in total. The second-order valence-corrected chi connectivity index (χ2v) is 7.75. The van der Waals surface area contributed by atoms with E-state index < -0.39 is 20.9 Å². The van der Waals surface area contributed by atoms with E-state index in [1.807, 2.05) is 4.90 Å². The van der Waals surface area contributed by atoms with Crippen molar-refractivity contribution in [1.29, 1.82) is 0 Å². The molecule has 0 unspecified atom stereocenters. The third-order valence-electron chi connectivity index (χ3n) is 4.27. The average Bonchev–Trinajstić information content (AvgIpc) is 3.15. The average molecular weight is 390 g/mol. The van der Waals surface area contributed by atoms with Crippen molar-refractivity contribution in [3.8, 4) is 0 Å². The first kappa shape index (κ1) is 18.6. The standard InChI is InChI=1S/C17H17N3O6S/c21-17(22)12-3-5-13(6-4-12)18-27(25,26)14-7-8-15(16(11-14)20(23)24)19-9-1-2-10-19/h3-8,11,18H,1-2,9-10H2,(H,21,22)/p-1. The largest absolute Gasteiger partial charge is 0.545 e. The van der Waals surface area contributed by atoms with E-state index in [0.717, 1.165) is 18.9 Å². The molecule has 2 aromatic rings. The van der Waals surface area contributed by atoms with Crippen LogP contribution in [-0.2, 0) is 10.0 Å². The van der Waals surface area contributed by atoms with Gasteiger partial charge in [-0.1, -0.05) is 12.1 Å². The topological polar surface area (TPSA) is 133 Å². The van der Waals surface area contributed by atoms with Crippen LogP contribution in [0.15, 0.2) is 47.4 Å². The number of carboxylic acid groups (broad SMARTS) is 1. The van der Waals surface area contributed by atoms with Gasteiger partial charge in [0.25, 0.3) is 15.7 Å². The Morgan fingerprint density at radius 1 is 1.07 bits per heavy atom. The van der Waals surface area contributed by atoms with E-state index in [1.165, 1.54) is 36.4 Å². The summed E-state index contributed by atoms with van der Waals surface area (Å²) in [6, 6.07) is 8.74. The van der Waals surface area contributed by atoms with E-state index >= 15 is 0 Å². The predicted octanol–water partition coefficient (Wildman–Crippen LogP) is 1.36. The van der Waals surface area contributed by atoms with E-state index in [-0.39, 0.29) is 21.8 Å². The van der Waals surface area contributed by atoms with Crippen LogP contribution in [0.2, 0.25) is 0 Å². The van der Waals surface area contributed by atoms with Gasteiger partial charge < -0.3 is 14.8 Å². The lowest BCUT2D eigenvalue weighted by Gasteiger charge is -2.18. The molecule has 0 spiro atoms. The third kappa shape index (κ3) is 4.00. The van der Waals surface area contributed by atoms with Gasteiger partial charge in [-0.15, -0.1) is 0 Å². The number of carbonyl (C=O) groups is 1. The van der Waals surface area contributed by atoms with Crippen molar-refractivity contribution in [3.63, 3.8) is 0 Å². The number of nitrogens with one attached hydrogen (secondary N) is 1. The zero-order valence-electron chi connectivity index (χ0n) is 14.1. The molecular formula is C17H16N3O6S-. The maximum atomic E-state index is 12.6. The number of nitro benzene ring substituents is 1. The molecule has 1 aliphatic rings. The molecule has 27 heavy (non-hydrogen) atoms. The highest BCUT2D eigenvalue weighted by molar-refractivity contribution is 7.92. The highest BCUT2D eigenvalue weighted by atomic mass is 32.2. The first-order valence-corrected chi connectivity index (χ1v) is 9.64. The second kappa shape index (κ2) is 7.23. The van der Waals surface area contributed by atoms with Crippen molar-refractivity contribution in [2.24, 2.45) is 0 Å². The summed E-state index contributed by atoms with van der Waals surface area (Å²) in [5, 5.41) is 22.2. The Morgan fingerprint density at radius 3 is 2.26 bits per heavy atom. The third-order valence-corrected chi connectivity index (χ3v) is 5.65. The molecule has 0 bridgehead atoms. The Hall–Kier alpha value is -3.14. The Bertz CT molecular complexity index is 982. The highest BCUT2D eigenvalue weighted by Gasteiger charge is 2.25. The minimum atomic E-state index is -4.08. The fourth-order valence-electron chi connectivity index (χ4n) is 2.93. The maximum Gasteiger partial charge on any atom is 0.293 e. The number of anilines is 2. The fourth-order valence-corrected chi connectivity index (χ4v) is 4.01. The number of carbonyl (C=O) groups excluding carboxylic acids is 1. The summed E-state index contributed by atoms with van der Waals surface area (Å²) in [6.45, 7) is 1.38. The van der Waals surface area contributed by atoms with Crippen LogP contribution in [-0.4, -0.2) is 32.4 Å². The normalized spacial score (nSPS) is 14.1. The van der Waals surface area contributed by atoms with Gasteiger partial charge in [0.05, 0.1) is 15.8 Å². The lowest BCUT2D eigenvalue weighted by molar-refractivity contribution is -0.384. The Kier molecular flexibility index (Phi) is 5.00. The molecular weight excluding hydrogens is 374 g/mol. The van der Waals surface area contributed by atoms with Gasteiger partial charge in [0.15, 0.2) is 0 Å². The lowest BCUT2D eigenvalue weighted by Crippen LogP contribution is -2.22. The highest BCUT2D eigenvalue weighted by Crippen LogP contribution is 2.33. The molecule has 0 aromatic heterocycles. The molecule has 1 saturated heterocycles. The van der Waals surface area contributed by atoms with Gasteiger partial charge in [-0.2, -0.15) is 0 Å². The zero-order valence-corrected chi connectivity index (χ0v) is 14.9. The summed E-state index contributed by atoms with van der Waals surface area (Å²) in [5.74, 6) is -1.38. The van der Waals surface area contributed by atoms with E-state index in [0.29, 0.717) is 18.8 Å². The maximum absolute atomic E-state index is 12.6. The molecule has 0 amide bonds. The van der Waals surface area contributed by atoms with Crippen LogP contribution in [0, 0.1) is 10.1 Å². The smallest absolute Gasteiger partial charge is 0.293 e. The summed E-state index contributed by atoms with van der Waals surface area (Å²) in [6.07, 6.45) is 1.86. The molecule has 1 fully saturated rings. The van der Waals surface area contributed by atoms with Crippen molar-refractivity contribution >= 4 is 33.1 Å². The van der Waals surface area contributed by atoms with Crippen molar-refractivity contribution in [2.45, 2.75) is 17.7 Å². The van der Waals surface area contributed by atoms with Crippen LogP contribution in [0.5, 0.6) is 0 Å². The lowest BCUT2D eigenvalue weighted by atomic mass is 10.2. The number of nitro groups is 1. The molecule has 1 heterocycles. The number of benzene rings is 2. The molecule has 142 valence electrons. The number of hydrogen-bond acceptors (Lipinski definition) is 7. The summed E-state index contributed by atoms with van der Waals surface area (Å²) in [5.41, 5.74) is 0.164. The summed E-state index contributed by atoms with van der Waals surface area (Å²) < 4.78 is 27.4. The van der Waals surface area contributed by atoms with Gasteiger partial charge in [-0.3, -0.25) is 14.8 Å². The van der Waals surface area contributed by atoms with Crippen LogP contribution >= 0.6 is 0 Å². The molecule has 3 rings (SSSR count). The van der Waals surface area contributed by atoms with Gasteiger partial charge in [-0.05, 0) is 42.7 Å². The summed E-state index contributed by atoms with van der Waals surface area (Å²) >= 11 is 0. The van der Waals surface area contributed by atoms with Crippen molar-refractivity contribution in [3.05, 3.63) is 58.1 Å². The number of aromatic carboxylic acids is 1. The SMILES string of the molecule is O=C([O-])c1ccc(NS(=O)(=O)c2ccc(N3CCCC3)c([N+](=O)[O-])c2)cc1. The molecule has 0 atom stereocenters. The quantitative estimate of drug-likeness (QED) is 0.581. The fraction of sp³-hybridized carbons (Fsp3) is 0.235. The number of sulfonamides is 1. The Morgan fingerprint density at radius 2 is 1.70 bits per heavy atom. The zero-order chi connectivity index (χ0) is 19.6. The van der Waals surface area contributed by atoms with Gasteiger partial charge in [0.2, 0.25) is 0 Å². The van der Waals surface area contributed by atoms with Gasteiger partial charge in [0, 0.05) is 24.8 Å². The molecule has 1 N–H and O–H groups in total. The molecule has 0 saturated carbocycles. The van der Waals surface area contributed by atoms with Gasteiger partial charge in [-0.25, -0.2) is 8.42 Å². The Balaban J connectivity index is 1.90. The van der Waals surface area contributed by atoms with Gasteiger partial charge in [0.1, 0.15) is 5.69 Å². The number of nitrogens with zero attached hydrogens (tertiary/aromatic N) is 2. The second-order valence-electron chi connectivity index (χ2n) is 6.07. The summed E-state index contributed by atoms with van der Waals surface area (Å²) in [4.78, 5) is 23.2. The van der Waals surface area contributed by atoms with Crippen molar-refractivity contribution < 1.29 is 23.2 Å². The van der Waals surface area contributed by atoms with E-state index in [1.54, 1.807) is 0 Å². The van der Waals surface area contributed by atoms with E-state index in [9.17, 15) is 28.4 Å². The first-order chi connectivity index (χ1) is 12.8. The van der Waals surface area contributed by atoms with E-state index in [4.69, 9.17) is 0 Å². The van der Waals surface area contributed by atoms with Gasteiger partial charge >= 0.3 is 0 Å². The minimum absolute atomic E-state index is 0.0939. The van der Waals surface area contributed by atoms with Crippen LogP contribution in [0.4, 0.5) is 17.1 Å². The molecule has 10 heteroatoms. The predicted molar refractivity (Wildman–Crippen MR) is 96.1 cm³/mol. The molecule has 0 aliphatic carbocycles. The van der Waals surface area contributed by atoms with Crippen LogP contribution in [0.25, 0.3) is 0 Å². The summed E-state index contributed by atoms with van der Waals surface area (Å²) in [7, 11) is -4.08. The van der Waals surface area contributed by atoms with Crippen molar-refractivity contribution in [2.75, 3.05) is 22.7 Å². The van der Waals surface area contributed by atoms with E-state index in [2.05, 4.69) is 4.72 Å². The first-order valence-electron chi connectivity index (χ1n) is 8.15. The molecule has 1 aliphatic heterocycles. The monoisotopic (exact) mass is 390 g/mol. The number of hydrogen-bond donors (Lipinski definition) is 1. The number of rotatable bonds is 6.